The Bertz CT molecular complexity index is 180. The number of rotatable bonds is 0. The molecule has 3 aliphatic rings. The molecule has 0 aromatic heterocycles. The maximum Gasteiger partial charge on any atom is 0.138 e. The zero-order valence-electron chi connectivity index (χ0n) is 6.40. The molecule has 1 heterocycles. The zero-order chi connectivity index (χ0) is 7.26. The minimum absolute atomic E-state index is 0.388. The second-order valence-electron chi connectivity index (χ2n) is 3.81. The zero-order valence-corrected chi connectivity index (χ0v) is 6.40. The molecule has 0 spiro atoms. The van der Waals surface area contributed by atoms with Gasteiger partial charge in [-0.05, 0) is 31.1 Å². The quantitative estimate of drug-likeness (QED) is 0.525. The van der Waals surface area contributed by atoms with E-state index in [1.165, 1.54) is 19.3 Å². The molecule has 1 aliphatic heterocycles. The fraction of sp³-hybridized carbons (Fsp3) is 0.778. The van der Waals surface area contributed by atoms with E-state index in [0.717, 1.165) is 11.8 Å². The van der Waals surface area contributed by atoms with Crippen LogP contribution in [0, 0.1) is 11.8 Å². The summed E-state index contributed by atoms with van der Waals surface area (Å²) in [7, 11) is 0. The first kappa shape index (κ1) is 5.92. The lowest BCUT2D eigenvalue weighted by Gasteiger charge is -2.32. The Labute approximate surface area is 66.2 Å². The van der Waals surface area contributed by atoms with Crippen LogP contribution in [0.3, 0.4) is 0 Å². The molecular weight excluding hydrogens is 140 g/mol. The molecule has 3 rings (SSSR count). The van der Waals surface area contributed by atoms with E-state index in [1.54, 1.807) is 12.5 Å². The van der Waals surface area contributed by atoms with Gasteiger partial charge in [0.1, 0.15) is 24.7 Å². The summed E-state index contributed by atoms with van der Waals surface area (Å²) in [6, 6.07) is 0. The van der Waals surface area contributed by atoms with Crippen molar-refractivity contribution in [2.45, 2.75) is 31.5 Å². The van der Waals surface area contributed by atoms with Crippen molar-refractivity contribution in [1.82, 2.24) is 0 Å². The van der Waals surface area contributed by atoms with Crippen molar-refractivity contribution >= 4 is 0 Å². The maximum absolute atomic E-state index is 5.53. The van der Waals surface area contributed by atoms with Gasteiger partial charge in [0.2, 0.25) is 0 Å². The van der Waals surface area contributed by atoms with Gasteiger partial charge in [-0.1, -0.05) is 0 Å². The van der Waals surface area contributed by atoms with Crippen LogP contribution in [0.5, 0.6) is 0 Å². The molecule has 2 nitrogen and oxygen atoms in total. The van der Waals surface area contributed by atoms with E-state index in [9.17, 15) is 0 Å². The summed E-state index contributed by atoms with van der Waals surface area (Å²) in [6.07, 6.45) is 8.20. The van der Waals surface area contributed by atoms with Crippen LogP contribution in [-0.2, 0) is 9.47 Å². The Hall–Kier alpha value is -0.660. The van der Waals surface area contributed by atoms with Gasteiger partial charge in [-0.3, -0.25) is 0 Å². The molecular formula is C9H12O2. The van der Waals surface area contributed by atoms with E-state index in [1.807, 2.05) is 0 Å². The van der Waals surface area contributed by atoms with E-state index >= 15 is 0 Å². The van der Waals surface area contributed by atoms with Crippen molar-refractivity contribution in [3.05, 3.63) is 12.5 Å². The third kappa shape index (κ3) is 0.673. The summed E-state index contributed by atoms with van der Waals surface area (Å²) < 4.78 is 11.1. The lowest BCUT2D eigenvalue weighted by Crippen LogP contribution is -2.36. The SMILES string of the molecule is C1=COC2C3CCC(C3)C2O1. The van der Waals surface area contributed by atoms with Crippen LogP contribution < -0.4 is 0 Å². The summed E-state index contributed by atoms with van der Waals surface area (Å²) >= 11 is 0. The molecule has 4 atom stereocenters. The maximum atomic E-state index is 5.53. The summed E-state index contributed by atoms with van der Waals surface area (Å²) in [5.74, 6) is 1.57. The highest BCUT2D eigenvalue weighted by Gasteiger charge is 2.50. The van der Waals surface area contributed by atoms with Crippen LogP contribution in [-0.4, -0.2) is 12.2 Å². The van der Waals surface area contributed by atoms with Crippen molar-refractivity contribution in [2.75, 3.05) is 0 Å². The summed E-state index contributed by atoms with van der Waals surface area (Å²) in [4.78, 5) is 0. The van der Waals surface area contributed by atoms with Crippen molar-refractivity contribution < 1.29 is 9.47 Å². The van der Waals surface area contributed by atoms with E-state index in [2.05, 4.69) is 0 Å². The van der Waals surface area contributed by atoms with Gasteiger partial charge in [-0.15, -0.1) is 0 Å². The molecule has 0 aromatic rings. The van der Waals surface area contributed by atoms with Gasteiger partial charge in [0, 0.05) is 0 Å². The number of fused-ring (bicyclic) bond motifs is 5. The van der Waals surface area contributed by atoms with Gasteiger partial charge in [-0.2, -0.15) is 0 Å². The van der Waals surface area contributed by atoms with Crippen LogP contribution >= 0.6 is 0 Å². The average Bonchev–Trinajstić information content (AvgIpc) is 2.64. The first-order chi connectivity index (χ1) is 5.45. The van der Waals surface area contributed by atoms with E-state index < -0.39 is 0 Å². The highest BCUT2D eigenvalue weighted by molar-refractivity contribution is 5.01. The van der Waals surface area contributed by atoms with E-state index in [4.69, 9.17) is 9.47 Å². The highest BCUT2D eigenvalue weighted by atomic mass is 16.6. The minimum Gasteiger partial charge on any atom is -0.491 e. The summed E-state index contributed by atoms with van der Waals surface area (Å²) in [5.41, 5.74) is 0. The van der Waals surface area contributed by atoms with Gasteiger partial charge >= 0.3 is 0 Å². The second-order valence-corrected chi connectivity index (χ2v) is 3.81. The van der Waals surface area contributed by atoms with Gasteiger partial charge < -0.3 is 9.47 Å². The molecule has 0 N–H and O–H groups in total. The van der Waals surface area contributed by atoms with Gasteiger partial charge in [0.05, 0.1) is 0 Å². The fourth-order valence-electron chi connectivity index (χ4n) is 2.81. The van der Waals surface area contributed by atoms with Crippen LogP contribution in [0.25, 0.3) is 0 Å². The number of hydrogen-bond donors (Lipinski definition) is 0. The molecule has 2 aliphatic carbocycles. The molecule has 11 heavy (non-hydrogen) atoms. The Kier molecular flexibility index (Phi) is 1.04. The molecule has 0 aromatic carbocycles. The smallest absolute Gasteiger partial charge is 0.138 e. The molecule has 2 heteroatoms. The van der Waals surface area contributed by atoms with Crippen LogP contribution in [0.4, 0.5) is 0 Å². The Morgan fingerprint density at radius 2 is 1.45 bits per heavy atom. The first-order valence-electron chi connectivity index (χ1n) is 4.41. The third-order valence-electron chi connectivity index (χ3n) is 3.29. The van der Waals surface area contributed by atoms with Crippen molar-refractivity contribution in [3.63, 3.8) is 0 Å². The van der Waals surface area contributed by atoms with Crippen molar-refractivity contribution in [1.29, 1.82) is 0 Å². The minimum atomic E-state index is 0.388. The molecule has 2 bridgehead atoms. The first-order valence-corrected chi connectivity index (χ1v) is 4.41. The van der Waals surface area contributed by atoms with Crippen LogP contribution in [0.2, 0.25) is 0 Å². The topological polar surface area (TPSA) is 18.5 Å². The molecule has 60 valence electrons. The Morgan fingerprint density at radius 1 is 0.909 bits per heavy atom. The highest BCUT2D eigenvalue weighted by Crippen LogP contribution is 2.48. The molecule has 4 unspecified atom stereocenters. The van der Waals surface area contributed by atoms with E-state index in [0.29, 0.717) is 12.2 Å². The van der Waals surface area contributed by atoms with Crippen molar-refractivity contribution in [2.24, 2.45) is 11.8 Å². The third-order valence-corrected chi connectivity index (χ3v) is 3.29. The van der Waals surface area contributed by atoms with Crippen LogP contribution in [0.15, 0.2) is 12.5 Å². The van der Waals surface area contributed by atoms with E-state index in [-0.39, 0.29) is 0 Å². The molecule has 2 saturated carbocycles. The Morgan fingerprint density at radius 3 is 2.00 bits per heavy atom. The summed E-state index contributed by atoms with van der Waals surface area (Å²) in [5, 5.41) is 0. The molecule has 0 amide bonds. The largest absolute Gasteiger partial charge is 0.491 e. The monoisotopic (exact) mass is 152 g/mol. The van der Waals surface area contributed by atoms with Crippen molar-refractivity contribution in [3.8, 4) is 0 Å². The van der Waals surface area contributed by atoms with Gasteiger partial charge in [0.15, 0.2) is 0 Å². The lowest BCUT2D eigenvalue weighted by molar-refractivity contribution is -0.0605. The predicted octanol–water partition coefficient (Wildman–Crippen LogP) is 1.67. The summed E-state index contributed by atoms with van der Waals surface area (Å²) in [6.45, 7) is 0. The second kappa shape index (κ2) is 1.93. The average molecular weight is 152 g/mol. The number of hydrogen-bond acceptors (Lipinski definition) is 2. The molecule has 0 saturated heterocycles. The normalized spacial score (nSPS) is 51.6. The van der Waals surface area contributed by atoms with Gasteiger partial charge in [-0.25, -0.2) is 0 Å². The fourth-order valence-corrected chi connectivity index (χ4v) is 2.81. The van der Waals surface area contributed by atoms with Crippen LogP contribution in [0.1, 0.15) is 19.3 Å². The predicted molar refractivity (Wildman–Crippen MR) is 39.7 cm³/mol. The number of ether oxygens (including phenoxy) is 2. The van der Waals surface area contributed by atoms with Gasteiger partial charge in [0.25, 0.3) is 0 Å². The lowest BCUT2D eigenvalue weighted by atomic mass is 9.94. The molecule has 2 fully saturated rings. The standard InChI is InChI=1S/C9H12O2/c1-2-7-5-6(1)8-9(7)11-4-3-10-8/h3-4,6-9H,1-2,5H2. The molecule has 0 radical (unpaired) electrons. The Balaban J connectivity index is 1.91.